The molecule has 68 valence electrons. The van der Waals surface area contributed by atoms with Crippen molar-refractivity contribution in [1.29, 1.82) is 0 Å². The Morgan fingerprint density at radius 3 is 1.18 bits per heavy atom. The average molecular weight is 206 g/mol. The molecule has 0 saturated carbocycles. The normalized spacial score (nSPS) is 14.2. The van der Waals surface area contributed by atoms with Gasteiger partial charge in [-0.1, -0.05) is 6.92 Å². The highest BCUT2D eigenvalue weighted by Crippen LogP contribution is 2.70. The lowest BCUT2D eigenvalue weighted by Gasteiger charge is -2.14. The van der Waals surface area contributed by atoms with Crippen molar-refractivity contribution < 1.29 is 29.4 Å². The van der Waals surface area contributed by atoms with Crippen LogP contribution in [0.4, 0.5) is 0 Å². The Labute approximate surface area is 64.9 Å². The topological polar surface area (TPSA) is 121 Å². The summed E-state index contributed by atoms with van der Waals surface area (Å²) in [5.41, 5.74) is 0. The van der Waals surface area contributed by atoms with E-state index >= 15 is 0 Å². The van der Waals surface area contributed by atoms with Crippen LogP contribution in [0.1, 0.15) is 13.3 Å². The lowest BCUT2D eigenvalue weighted by molar-refractivity contribution is 0.289. The summed E-state index contributed by atoms with van der Waals surface area (Å²) in [5.74, 6) is 0. The number of hydrogen-bond acceptors (Lipinski definition) is 6. The Bertz CT molecular complexity index is 111. The molecule has 0 saturated heterocycles. The van der Waals surface area contributed by atoms with Crippen LogP contribution in [0.2, 0.25) is 0 Å². The zero-order valence-electron chi connectivity index (χ0n) is 5.86. The number of hydrogen-bond donors (Lipinski definition) is 6. The minimum atomic E-state index is -4.35. The van der Waals surface area contributed by atoms with E-state index < -0.39 is 21.3 Å². The van der Waals surface area contributed by atoms with Crippen molar-refractivity contribution in [3.8, 4) is 0 Å². The van der Waals surface area contributed by atoms with Gasteiger partial charge < -0.3 is 0 Å². The van der Waals surface area contributed by atoms with Gasteiger partial charge in [0.15, 0.2) is 0 Å². The maximum atomic E-state index is 8.58. The molecule has 0 aliphatic heterocycles. The summed E-state index contributed by atoms with van der Waals surface area (Å²) in [6.45, 7) is 1.39. The molecule has 0 atom stereocenters. The van der Waals surface area contributed by atoms with Crippen molar-refractivity contribution in [2.24, 2.45) is 0 Å². The Kier molecular flexibility index (Phi) is 3.76. The van der Waals surface area contributed by atoms with Gasteiger partial charge in [0.2, 0.25) is 0 Å². The van der Waals surface area contributed by atoms with Crippen LogP contribution in [0.15, 0.2) is 0 Å². The monoisotopic (exact) mass is 206 g/mol. The van der Waals surface area contributed by atoms with Crippen LogP contribution in [0.25, 0.3) is 0 Å². The molecule has 6 nitrogen and oxygen atoms in total. The fourth-order valence-corrected chi connectivity index (χ4v) is 3.34. The Morgan fingerprint density at radius 1 is 0.909 bits per heavy atom. The van der Waals surface area contributed by atoms with Crippen LogP contribution < -0.4 is 0 Å². The largest absolute Gasteiger partial charge is 0.454 e. The quantitative estimate of drug-likeness (QED) is 0.336. The summed E-state index contributed by atoms with van der Waals surface area (Å²) >= 11 is 0. The summed E-state index contributed by atoms with van der Waals surface area (Å²) < 4.78 is 0. The molecule has 0 heterocycles. The fourth-order valence-electron chi connectivity index (χ4n) is 0.698. The van der Waals surface area contributed by atoms with Crippen LogP contribution in [0.3, 0.4) is 0 Å². The summed E-state index contributed by atoms with van der Waals surface area (Å²) in [7, 11) is -8.70. The zero-order valence-corrected chi connectivity index (χ0v) is 7.65. The summed E-state index contributed by atoms with van der Waals surface area (Å²) in [5, 5.41) is -1.63. The lowest BCUT2D eigenvalue weighted by atomic mass is 10.6. The van der Waals surface area contributed by atoms with E-state index in [0.29, 0.717) is 0 Å². The second-order valence-corrected chi connectivity index (χ2v) is 6.23. The molecule has 0 aromatic carbocycles. The van der Waals surface area contributed by atoms with Crippen molar-refractivity contribution in [2.45, 2.75) is 18.7 Å². The molecule has 0 aliphatic carbocycles. The second kappa shape index (κ2) is 3.56. The van der Waals surface area contributed by atoms with E-state index in [-0.39, 0.29) is 6.42 Å². The minimum Gasteiger partial charge on any atom is -0.190 e. The van der Waals surface area contributed by atoms with Crippen molar-refractivity contribution in [3.63, 3.8) is 0 Å². The van der Waals surface area contributed by atoms with E-state index in [0.717, 1.165) is 0 Å². The molecule has 0 aromatic heterocycles. The molecule has 6 N–H and O–H groups in total. The van der Waals surface area contributed by atoms with E-state index in [1.807, 2.05) is 0 Å². The molecule has 0 spiro atoms. The van der Waals surface area contributed by atoms with E-state index in [1.165, 1.54) is 6.92 Å². The first-order valence-electron chi connectivity index (χ1n) is 2.83. The maximum Gasteiger partial charge on any atom is 0.454 e. The van der Waals surface area contributed by atoms with Crippen molar-refractivity contribution in [1.82, 2.24) is 0 Å². The van der Waals surface area contributed by atoms with Gasteiger partial charge in [-0.2, -0.15) is 29.4 Å². The van der Waals surface area contributed by atoms with Gasteiger partial charge >= 0.3 is 21.3 Å². The first-order chi connectivity index (χ1) is 4.69. The number of rotatable bonds is 3. The van der Waals surface area contributed by atoms with Gasteiger partial charge in [-0.05, 0) is 0 Å². The predicted octanol–water partition coefficient (Wildman–Crippen LogP) is -0.799. The third-order valence-corrected chi connectivity index (χ3v) is 5.35. The van der Waals surface area contributed by atoms with Crippen LogP contribution in [-0.4, -0.2) is 34.8 Å². The molecular formula is C3H12O6P2+2. The van der Waals surface area contributed by atoms with Gasteiger partial charge in [0.05, 0.1) is 0 Å². The molecule has 8 heteroatoms. The lowest BCUT2D eigenvalue weighted by Crippen LogP contribution is -2.16. The standard InChI is InChI=1S/C3H12O6P2/c1-2-3(10(4,5)6)11(7,8)9/h3-9H,2H2,1H3/q+2. The Morgan fingerprint density at radius 2 is 1.18 bits per heavy atom. The summed E-state index contributed by atoms with van der Waals surface area (Å²) in [6, 6.07) is 0. The average Bonchev–Trinajstić information content (AvgIpc) is 1.56. The molecular weight excluding hydrogens is 194 g/mol. The Balaban J connectivity index is 4.43. The first-order valence-corrected chi connectivity index (χ1v) is 6.26. The van der Waals surface area contributed by atoms with Gasteiger partial charge in [-0.3, -0.25) is 0 Å². The highest BCUT2D eigenvalue weighted by molar-refractivity contribution is 7.77. The van der Waals surface area contributed by atoms with Crippen LogP contribution in [0, 0.1) is 0 Å². The van der Waals surface area contributed by atoms with Crippen LogP contribution >= 0.6 is 15.9 Å². The molecule has 0 aliphatic rings. The molecule has 0 fully saturated rings. The molecule has 11 heavy (non-hydrogen) atoms. The third kappa shape index (κ3) is 3.69. The smallest absolute Gasteiger partial charge is 0.190 e. The molecule has 0 unspecified atom stereocenters. The van der Waals surface area contributed by atoms with Gasteiger partial charge in [0, 0.05) is 6.42 Å². The van der Waals surface area contributed by atoms with Gasteiger partial charge in [-0.25, -0.2) is 0 Å². The molecule has 0 bridgehead atoms. The maximum absolute atomic E-state index is 8.58. The van der Waals surface area contributed by atoms with E-state index in [1.54, 1.807) is 0 Å². The highest BCUT2D eigenvalue weighted by atomic mass is 31.3. The minimum absolute atomic E-state index is 0.117. The Hall–Kier alpha value is 0.620. The van der Waals surface area contributed by atoms with Crippen LogP contribution in [0.5, 0.6) is 0 Å². The molecule has 0 aromatic rings. The summed E-state index contributed by atoms with van der Waals surface area (Å²) in [6.07, 6.45) is -0.117. The first kappa shape index (κ1) is 11.6. The third-order valence-electron chi connectivity index (χ3n) is 1.16. The molecule has 0 radical (unpaired) electrons. The second-order valence-electron chi connectivity index (χ2n) is 2.12. The fraction of sp³-hybridized carbons (Fsp3) is 1.00. The van der Waals surface area contributed by atoms with E-state index in [9.17, 15) is 0 Å². The summed E-state index contributed by atoms with van der Waals surface area (Å²) in [4.78, 5) is 51.5. The van der Waals surface area contributed by atoms with Crippen molar-refractivity contribution in [2.75, 3.05) is 0 Å². The van der Waals surface area contributed by atoms with Crippen LogP contribution in [-0.2, 0) is 0 Å². The highest BCUT2D eigenvalue weighted by Gasteiger charge is 2.62. The predicted molar refractivity (Wildman–Crippen MR) is 41.2 cm³/mol. The van der Waals surface area contributed by atoms with E-state index in [2.05, 4.69) is 0 Å². The van der Waals surface area contributed by atoms with E-state index in [4.69, 9.17) is 29.4 Å². The van der Waals surface area contributed by atoms with Crippen molar-refractivity contribution >= 4 is 15.9 Å². The molecule has 0 amide bonds. The molecule has 0 rings (SSSR count). The zero-order chi connectivity index (χ0) is 9.28. The van der Waals surface area contributed by atoms with Gasteiger partial charge in [-0.15, -0.1) is 0 Å². The van der Waals surface area contributed by atoms with Crippen molar-refractivity contribution in [3.05, 3.63) is 0 Å². The van der Waals surface area contributed by atoms with Gasteiger partial charge in [0.25, 0.3) is 0 Å². The van der Waals surface area contributed by atoms with Gasteiger partial charge in [0.1, 0.15) is 0 Å². The SMILES string of the molecule is CCC([P+](O)(O)O)[P+](O)(O)O.